The Labute approximate surface area is 226 Å². The van der Waals surface area contributed by atoms with E-state index in [-0.39, 0.29) is 5.56 Å². The highest BCUT2D eigenvalue weighted by Gasteiger charge is 2.19. The van der Waals surface area contributed by atoms with Gasteiger partial charge in [-0.3, -0.25) is 9.20 Å². The lowest BCUT2D eigenvalue weighted by Crippen LogP contribution is -2.13. The van der Waals surface area contributed by atoms with Gasteiger partial charge in [0.1, 0.15) is 0 Å². The van der Waals surface area contributed by atoms with Gasteiger partial charge in [0.25, 0.3) is 5.56 Å². The van der Waals surface area contributed by atoms with Gasteiger partial charge in [0, 0.05) is 21.5 Å². The summed E-state index contributed by atoms with van der Waals surface area (Å²) < 4.78 is 1.90. The van der Waals surface area contributed by atoms with Crippen molar-refractivity contribution in [2.45, 2.75) is 13.3 Å². The lowest BCUT2D eigenvalue weighted by molar-refractivity contribution is 1.15. The van der Waals surface area contributed by atoms with E-state index in [4.69, 9.17) is 0 Å². The highest BCUT2D eigenvalue weighted by molar-refractivity contribution is 6.22. The van der Waals surface area contributed by atoms with Crippen molar-refractivity contribution in [3.63, 3.8) is 0 Å². The zero-order chi connectivity index (χ0) is 26.7. The lowest BCUT2D eigenvalue weighted by Gasteiger charge is -2.13. The third-order valence-corrected chi connectivity index (χ3v) is 8.03. The second-order valence-corrected chi connectivity index (χ2v) is 10.1. The van der Waals surface area contributed by atoms with Gasteiger partial charge in [-0.1, -0.05) is 99.0 Å². The quantitative estimate of drug-likeness (QED) is 0.170. The second kappa shape index (κ2) is 8.82. The summed E-state index contributed by atoms with van der Waals surface area (Å²) in [6.45, 7) is 10.0. The average Bonchev–Trinajstić information content (AvgIpc) is 3.32. The van der Waals surface area contributed by atoms with Crippen LogP contribution in [0, 0.1) is 0 Å². The minimum absolute atomic E-state index is 0.00751. The van der Waals surface area contributed by atoms with Crippen LogP contribution < -0.4 is 5.56 Å². The van der Waals surface area contributed by atoms with E-state index in [0.717, 1.165) is 55.7 Å². The number of fused-ring (bicyclic) bond motifs is 6. The molecule has 5 aromatic carbocycles. The molecule has 39 heavy (non-hydrogen) atoms. The normalized spacial score (nSPS) is 12.3. The standard InChI is InChI=1S/C37H27NO/c1-4-10-24(6-3)25-16-18-31-32(20-25)34-22-27(28-13-9-11-26-19-23(5-2)15-17-29(26)28)21-33-30-12-7-8-14-35(30)38(36(33)34)37(31)39/h4,6-22H,1,3,5H2,2H3/b24-10+. The molecule has 0 saturated heterocycles. The smallest absolute Gasteiger partial charge is 0.263 e. The molecule has 0 N–H and O–H groups in total. The van der Waals surface area contributed by atoms with E-state index in [9.17, 15) is 4.79 Å². The van der Waals surface area contributed by atoms with E-state index >= 15 is 0 Å². The number of para-hydroxylation sites is 1. The Morgan fingerprint density at radius 3 is 2.36 bits per heavy atom. The maximum absolute atomic E-state index is 13.9. The second-order valence-electron chi connectivity index (χ2n) is 10.1. The first-order valence-corrected chi connectivity index (χ1v) is 13.4. The summed E-state index contributed by atoms with van der Waals surface area (Å²) in [6, 6.07) is 32.1. The molecule has 0 amide bonds. The molecule has 2 heterocycles. The molecule has 2 heteroatoms. The van der Waals surface area contributed by atoms with Crippen molar-refractivity contribution in [3.8, 4) is 11.1 Å². The van der Waals surface area contributed by atoms with Crippen LogP contribution in [0.15, 0.2) is 127 Å². The molecule has 0 bridgehead atoms. The van der Waals surface area contributed by atoms with Crippen molar-refractivity contribution in [2.24, 2.45) is 0 Å². The van der Waals surface area contributed by atoms with Gasteiger partial charge >= 0.3 is 0 Å². The maximum Gasteiger partial charge on any atom is 0.263 e. The van der Waals surface area contributed by atoms with Crippen LogP contribution in [-0.2, 0) is 6.42 Å². The van der Waals surface area contributed by atoms with Gasteiger partial charge < -0.3 is 0 Å². The number of hydrogen-bond donors (Lipinski definition) is 0. The Morgan fingerprint density at radius 1 is 0.769 bits per heavy atom. The number of aromatic nitrogens is 1. The molecule has 7 aromatic rings. The molecule has 0 saturated carbocycles. The molecular weight excluding hydrogens is 474 g/mol. The SMILES string of the molecule is C=C/C=C(\C=C)c1ccc2c(=O)n3c4ccccc4c4cc(-c5cccc6cc(CC)ccc56)cc(c2c1)c43. The largest absolute Gasteiger partial charge is 0.275 e. The number of pyridine rings is 1. The number of benzene rings is 5. The van der Waals surface area contributed by atoms with Crippen LogP contribution in [0.2, 0.25) is 0 Å². The van der Waals surface area contributed by atoms with E-state index in [0.29, 0.717) is 5.39 Å². The minimum Gasteiger partial charge on any atom is -0.275 e. The molecule has 0 unspecified atom stereocenters. The monoisotopic (exact) mass is 501 g/mol. The fourth-order valence-corrected chi connectivity index (χ4v) is 6.14. The van der Waals surface area contributed by atoms with Gasteiger partial charge in [0.15, 0.2) is 0 Å². The van der Waals surface area contributed by atoms with E-state index in [2.05, 4.69) is 80.7 Å². The van der Waals surface area contributed by atoms with Crippen molar-refractivity contribution in [2.75, 3.05) is 0 Å². The van der Waals surface area contributed by atoms with Gasteiger partial charge in [-0.15, -0.1) is 0 Å². The van der Waals surface area contributed by atoms with Crippen LogP contribution in [0.5, 0.6) is 0 Å². The summed E-state index contributed by atoms with van der Waals surface area (Å²) in [5.41, 5.74) is 7.57. The van der Waals surface area contributed by atoms with Gasteiger partial charge in [-0.05, 0) is 80.7 Å². The fraction of sp³-hybridized carbons (Fsp3) is 0.0541. The summed E-state index contributed by atoms with van der Waals surface area (Å²) in [5, 5.41) is 7.38. The molecule has 0 radical (unpaired) electrons. The first kappa shape index (κ1) is 23.2. The zero-order valence-electron chi connectivity index (χ0n) is 21.9. The molecular formula is C37H27NO. The average molecular weight is 502 g/mol. The molecule has 2 aromatic heterocycles. The van der Waals surface area contributed by atoms with E-state index < -0.39 is 0 Å². The molecule has 0 aliphatic carbocycles. The molecule has 2 nitrogen and oxygen atoms in total. The highest BCUT2D eigenvalue weighted by Crippen LogP contribution is 2.40. The van der Waals surface area contributed by atoms with Gasteiger partial charge in [-0.2, -0.15) is 0 Å². The Balaban J connectivity index is 1.66. The van der Waals surface area contributed by atoms with Crippen LogP contribution in [0.1, 0.15) is 18.1 Å². The van der Waals surface area contributed by atoms with Crippen molar-refractivity contribution in [3.05, 3.63) is 144 Å². The molecule has 0 atom stereocenters. The molecule has 0 fully saturated rings. The number of allylic oxidation sites excluding steroid dienone is 4. The zero-order valence-corrected chi connectivity index (χ0v) is 21.9. The highest BCUT2D eigenvalue weighted by atomic mass is 16.1. The van der Waals surface area contributed by atoms with Crippen molar-refractivity contribution >= 4 is 54.3 Å². The maximum atomic E-state index is 13.9. The van der Waals surface area contributed by atoms with Gasteiger partial charge in [0.2, 0.25) is 0 Å². The third-order valence-electron chi connectivity index (χ3n) is 8.03. The summed E-state index contributed by atoms with van der Waals surface area (Å²) in [6.07, 6.45) is 6.56. The topological polar surface area (TPSA) is 21.5 Å². The molecule has 0 spiro atoms. The summed E-state index contributed by atoms with van der Waals surface area (Å²) in [4.78, 5) is 13.9. The van der Waals surface area contributed by atoms with Crippen molar-refractivity contribution in [1.82, 2.24) is 4.40 Å². The number of aryl methyl sites for hydroxylation is 1. The van der Waals surface area contributed by atoms with E-state index in [1.54, 1.807) is 6.08 Å². The number of hydrogen-bond acceptors (Lipinski definition) is 1. The molecule has 0 aliphatic heterocycles. The van der Waals surface area contributed by atoms with Crippen LogP contribution in [-0.4, -0.2) is 4.40 Å². The first-order chi connectivity index (χ1) is 19.1. The van der Waals surface area contributed by atoms with Crippen LogP contribution in [0.3, 0.4) is 0 Å². The first-order valence-electron chi connectivity index (χ1n) is 13.4. The molecule has 186 valence electrons. The Hall–Kier alpha value is -4.95. The van der Waals surface area contributed by atoms with E-state index in [1.165, 1.54) is 21.9 Å². The van der Waals surface area contributed by atoms with E-state index in [1.807, 2.05) is 46.9 Å². The lowest BCUT2D eigenvalue weighted by atomic mass is 9.92. The summed E-state index contributed by atoms with van der Waals surface area (Å²) in [7, 11) is 0. The van der Waals surface area contributed by atoms with Crippen molar-refractivity contribution in [1.29, 1.82) is 0 Å². The van der Waals surface area contributed by atoms with Crippen LogP contribution in [0.25, 0.3) is 65.4 Å². The predicted octanol–water partition coefficient (Wildman–Crippen LogP) is 9.33. The summed E-state index contributed by atoms with van der Waals surface area (Å²) >= 11 is 0. The van der Waals surface area contributed by atoms with Crippen LogP contribution >= 0.6 is 0 Å². The Bertz CT molecular complexity index is 2210. The minimum atomic E-state index is 0.00751. The fourth-order valence-electron chi connectivity index (χ4n) is 6.14. The third kappa shape index (κ3) is 3.38. The van der Waals surface area contributed by atoms with Crippen LogP contribution in [0.4, 0.5) is 0 Å². The Morgan fingerprint density at radius 2 is 1.56 bits per heavy atom. The summed E-state index contributed by atoms with van der Waals surface area (Å²) in [5.74, 6) is 0. The molecule has 7 rings (SSSR count). The van der Waals surface area contributed by atoms with Crippen molar-refractivity contribution < 1.29 is 0 Å². The Kier molecular flexibility index (Phi) is 5.24. The van der Waals surface area contributed by atoms with Gasteiger partial charge in [0.05, 0.1) is 11.0 Å². The predicted molar refractivity (Wildman–Crippen MR) is 168 cm³/mol. The number of rotatable bonds is 5. The number of nitrogens with zero attached hydrogens (tertiary/aromatic N) is 1. The molecule has 0 aliphatic rings. The van der Waals surface area contributed by atoms with Gasteiger partial charge in [-0.25, -0.2) is 0 Å².